The average molecular weight is 413 g/mol. The molecule has 4 rings (SSSR count). The predicted molar refractivity (Wildman–Crippen MR) is 116 cm³/mol. The summed E-state index contributed by atoms with van der Waals surface area (Å²) >= 11 is 0. The van der Waals surface area contributed by atoms with Gasteiger partial charge in [0.1, 0.15) is 11.9 Å². The molecule has 1 atom stereocenters. The molecule has 0 bridgehead atoms. The van der Waals surface area contributed by atoms with E-state index in [9.17, 15) is 13.9 Å². The number of benzene rings is 2. The van der Waals surface area contributed by atoms with E-state index < -0.39 is 22.5 Å². The van der Waals surface area contributed by atoms with E-state index in [0.717, 1.165) is 16.5 Å². The topological polar surface area (TPSA) is 126 Å². The summed E-state index contributed by atoms with van der Waals surface area (Å²) in [5, 5.41) is 0.791. The SMILES string of the molecule is Cc1ccc2nc(N3CCS(O)(O)c4ccccc4C3)cc(C(N)C(N)=O)c2c1. The minimum atomic E-state index is -2.88. The van der Waals surface area contributed by atoms with Gasteiger partial charge >= 0.3 is 0 Å². The van der Waals surface area contributed by atoms with Crippen LogP contribution in [-0.4, -0.2) is 32.3 Å². The highest BCUT2D eigenvalue weighted by molar-refractivity contribution is 8.24. The lowest BCUT2D eigenvalue weighted by molar-refractivity contribution is -0.119. The van der Waals surface area contributed by atoms with Crippen LogP contribution in [-0.2, 0) is 11.3 Å². The van der Waals surface area contributed by atoms with Crippen LogP contribution in [0.2, 0.25) is 0 Å². The number of nitrogens with two attached hydrogens (primary N) is 2. The molecule has 1 amide bonds. The van der Waals surface area contributed by atoms with Gasteiger partial charge in [0.05, 0.1) is 16.2 Å². The molecule has 7 nitrogen and oxygen atoms in total. The van der Waals surface area contributed by atoms with Crippen LogP contribution in [0.3, 0.4) is 0 Å². The first-order chi connectivity index (χ1) is 13.8. The van der Waals surface area contributed by atoms with Crippen molar-refractivity contribution >= 4 is 33.2 Å². The molecule has 2 heterocycles. The van der Waals surface area contributed by atoms with E-state index in [1.54, 1.807) is 12.1 Å². The van der Waals surface area contributed by atoms with Crippen LogP contribution in [0.25, 0.3) is 10.9 Å². The highest BCUT2D eigenvalue weighted by atomic mass is 32.3. The number of carbonyl (C=O) groups excluding carboxylic acids is 1. The molecule has 6 N–H and O–H groups in total. The van der Waals surface area contributed by atoms with Gasteiger partial charge < -0.3 is 16.4 Å². The Bertz CT molecular complexity index is 1100. The summed E-state index contributed by atoms with van der Waals surface area (Å²) in [4.78, 5) is 19.1. The van der Waals surface area contributed by atoms with E-state index in [0.29, 0.717) is 34.9 Å². The predicted octanol–water partition coefficient (Wildman–Crippen LogP) is 3.16. The minimum Gasteiger partial charge on any atom is -0.368 e. The van der Waals surface area contributed by atoms with Crippen molar-refractivity contribution in [2.24, 2.45) is 11.5 Å². The summed E-state index contributed by atoms with van der Waals surface area (Å²) in [6.07, 6.45) is 0. The quantitative estimate of drug-likeness (QED) is 0.524. The molecule has 0 radical (unpaired) electrons. The summed E-state index contributed by atoms with van der Waals surface area (Å²) < 4.78 is 21.2. The van der Waals surface area contributed by atoms with Crippen molar-refractivity contribution in [3.05, 3.63) is 65.2 Å². The maximum atomic E-state index is 11.8. The van der Waals surface area contributed by atoms with E-state index in [2.05, 4.69) is 0 Å². The molecule has 1 aliphatic rings. The van der Waals surface area contributed by atoms with Gasteiger partial charge in [-0.25, -0.2) is 4.98 Å². The largest absolute Gasteiger partial charge is 0.368 e. The third-order valence-electron chi connectivity index (χ3n) is 5.28. The van der Waals surface area contributed by atoms with Crippen molar-refractivity contribution in [3.8, 4) is 0 Å². The highest BCUT2D eigenvalue weighted by Gasteiger charge is 2.27. The maximum absolute atomic E-state index is 11.8. The van der Waals surface area contributed by atoms with E-state index >= 15 is 0 Å². The summed E-state index contributed by atoms with van der Waals surface area (Å²) in [5.41, 5.74) is 14.8. The van der Waals surface area contributed by atoms with E-state index in [1.165, 1.54) is 0 Å². The highest BCUT2D eigenvalue weighted by Crippen LogP contribution is 2.51. The van der Waals surface area contributed by atoms with E-state index in [-0.39, 0.29) is 5.75 Å². The lowest BCUT2D eigenvalue weighted by Crippen LogP contribution is -2.30. The van der Waals surface area contributed by atoms with Crippen molar-refractivity contribution in [2.45, 2.75) is 24.4 Å². The van der Waals surface area contributed by atoms with Crippen molar-refractivity contribution in [3.63, 3.8) is 0 Å². The molecule has 1 unspecified atom stereocenters. The number of nitrogens with zero attached hydrogens (tertiary/aromatic N) is 2. The number of aromatic nitrogens is 1. The van der Waals surface area contributed by atoms with Gasteiger partial charge in [0, 0.05) is 18.5 Å². The third kappa shape index (κ3) is 3.67. The van der Waals surface area contributed by atoms with Gasteiger partial charge in [-0.15, -0.1) is 0 Å². The van der Waals surface area contributed by atoms with Crippen LogP contribution in [0.1, 0.15) is 22.7 Å². The summed E-state index contributed by atoms with van der Waals surface area (Å²) in [7, 11) is -2.88. The fraction of sp³-hybridized carbons (Fsp3) is 0.238. The fourth-order valence-corrected chi connectivity index (χ4v) is 5.25. The molecule has 8 heteroatoms. The van der Waals surface area contributed by atoms with Crippen LogP contribution < -0.4 is 16.4 Å². The number of hydrogen-bond donors (Lipinski definition) is 4. The Morgan fingerprint density at radius 2 is 1.97 bits per heavy atom. The number of rotatable bonds is 3. The van der Waals surface area contributed by atoms with Crippen molar-refractivity contribution < 1.29 is 13.9 Å². The normalized spacial score (nSPS) is 18.0. The van der Waals surface area contributed by atoms with E-state index in [4.69, 9.17) is 16.5 Å². The Morgan fingerprint density at radius 1 is 1.21 bits per heavy atom. The fourth-order valence-electron chi connectivity index (χ4n) is 3.70. The molecular formula is C21H24N4O3S. The Morgan fingerprint density at radius 3 is 2.72 bits per heavy atom. The molecule has 0 fully saturated rings. The first kappa shape index (κ1) is 19.7. The van der Waals surface area contributed by atoms with Crippen LogP contribution >= 0.6 is 10.6 Å². The monoisotopic (exact) mass is 412 g/mol. The zero-order valence-corrected chi connectivity index (χ0v) is 16.9. The molecule has 3 aromatic rings. The van der Waals surface area contributed by atoms with Gasteiger partial charge in [0.2, 0.25) is 5.91 Å². The van der Waals surface area contributed by atoms with Crippen molar-refractivity contribution in [1.29, 1.82) is 0 Å². The van der Waals surface area contributed by atoms with Crippen molar-refractivity contribution in [1.82, 2.24) is 4.98 Å². The Hall–Kier alpha value is -2.65. The standard InChI is InChI=1S/C21H24N4O3S/c1-13-6-7-17-15(10-13)16(20(22)21(23)26)11-19(24-17)25-8-9-29(27,28)18-5-3-2-4-14(18)12-25/h2-7,10-11,20,27-28H,8-9,12,22H2,1H3,(H2,23,26). The Balaban J connectivity index is 1.84. The third-order valence-corrected chi connectivity index (χ3v) is 7.13. The molecule has 2 aromatic carbocycles. The number of amides is 1. The summed E-state index contributed by atoms with van der Waals surface area (Å²) in [6.45, 7) is 2.85. The molecule has 0 spiro atoms. The van der Waals surface area contributed by atoms with Gasteiger partial charge in [0.15, 0.2) is 0 Å². The minimum absolute atomic E-state index is 0.203. The smallest absolute Gasteiger partial charge is 0.238 e. The number of aryl methyl sites for hydroxylation is 1. The number of primary amides is 1. The second-order valence-corrected chi connectivity index (χ2v) is 9.55. The lowest BCUT2D eigenvalue weighted by Gasteiger charge is -2.32. The molecule has 29 heavy (non-hydrogen) atoms. The van der Waals surface area contributed by atoms with Crippen LogP contribution in [0, 0.1) is 6.92 Å². The average Bonchev–Trinajstić information content (AvgIpc) is 2.83. The summed E-state index contributed by atoms with van der Waals surface area (Å²) in [5.74, 6) is 0.217. The van der Waals surface area contributed by atoms with Crippen molar-refractivity contribution in [2.75, 3.05) is 17.2 Å². The molecule has 0 aliphatic carbocycles. The lowest BCUT2D eigenvalue weighted by atomic mass is 10.00. The number of carbonyl (C=O) groups is 1. The first-order valence-corrected chi connectivity index (χ1v) is 11.0. The second-order valence-electron chi connectivity index (χ2n) is 7.37. The summed E-state index contributed by atoms with van der Waals surface area (Å²) in [6, 6.07) is 14.0. The number of fused-ring (bicyclic) bond motifs is 2. The van der Waals surface area contributed by atoms with Crippen LogP contribution in [0.4, 0.5) is 5.82 Å². The van der Waals surface area contributed by atoms with Gasteiger partial charge in [-0.3, -0.25) is 13.9 Å². The zero-order valence-electron chi connectivity index (χ0n) is 16.1. The number of pyridine rings is 1. The van der Waals surface area contributed by atoms with Crippen LogP contribution in [0.5, 0.6) is 0 Å². The van der Waals surface area contributed by atoms with Gasteiger partial charge in [-0.2, -0.15) is 10.6 Å². The molecular weight excluding hydrogens is 388 g/mol. The maximum Gasteiger partial charge on any atom is 0.238 e. The molecule has 1 aliphatic heterocycles. The molecule has 1 aromatic heterocycles. The van der Waals surface area contributed by atoms with Gasteiger partial charge in [0.25, 0.3) is 0 Å². The molecule has 152 valence electrons. The van der Waals surface area contributed by atoms with Gasteiger partial charge in [-0.1, -0.05) is 29.8 Å². The molecule has 0 saturated heterocycles. The Kier molecular flexibility index (Phi) is 4.95. The number of anilines is 1. The molecule has 0 saturated carbocycles. The first-order valence-electron chi connectivity index (χ1n) is 9.31. The van der Waals surface area contributed by atoms with E-state index in [1.807, 2.05) is 48.2 Å². The van der Waals surface area contributed by atoms with Gasteiger partial charge in [-0.05, 0) is 42.3 Å². The zero-order chi connectivity index (χ0) is 20.8. The second kappa shape index (κ2) is 7.31. The van der Waals surface area contributed by atoms with Crippen LogP contribution in [0.15, 0.2) is 53.4 Å². The number of hydrogen-bond acceptors (Lipinski definition) is 6. The Labute approximate surface area is 170 Å².